The molecule has 6 heteroatoms. The minimum absolute atomic E-state index is 0.102. The van der Waals surface area contributed by atoms with Crippen LogP contribution in [0, 0.1) is 23.7 Å². The van der Waals surface area contributed by atoms with E-state index in [9.17, 15) is 15.0 Å². The first-order chi connectivity index (χ1) is 13.6. The molecule has 1 aromatic rings. The lowest BCUT2D eigenvalue weighted by molar-refractivity contribution is -0.0657. The molecule has 0 unspecified atom stereocenters. The third-order valence-electron chi connectivity index (χ3n) is 7.61. The summed E-state index contributed by atoms with van der Waals surface area (Å²) in [5.41, 5.74) is -0.795. The average Bonchev–Trinajstić information content (AvgIpc) is 3.24. The van der Waals surface area contributed by atoms with Crippen LogP contribution in [0.3, 0.4) is 0 Å². The predicted molar refractivity (Wildman–Crippen MR) is 107 cm³/mol. The normalized spacial score (nSPS) is 40.7. The molecule has 1 aliphatic heterocycles. The Balaban J connectivity index is 1.58. The highest BCUT2D eigenvalue weighted by Gasteiger charge is 2.69. The highest BCUT2D eigenvalue weighted by molar-refractivity contribution is 5.90. The van der Waals surface area contributed by atoms with E-state index in [1.807, 2.05) is 6.92 Å². The first kappa shape index (κ1) is 20.5. The van der Waals surface area contributed by atoms with Crippen molar-refractivity contribution >= 4 is 5.97 Å². The third-order valence-corrected chi connectivity index (χ3v) is 7.61. The number of benzene rings is 1. The number of aliphatic hydroxyl groups is 1. The Morgan fingerprint density at radius 3 is 2.59 bits per heavy atom. The van der Waals surface area contributed by atoms with Gasteiger partial charge in [-0.1, -0.05) is 13.8 Å². The molecule has 3 aliphatic rings. The lowest BCUT2D eigenvalue weighted by atomic mass is 9.76. The first-order valence-corrected chi connectivity index (χ1v) is 10.5. The molecule has 7 atom stereocenters. The standard InChI is InChI=1S/C23H32O6/c1-12(2)14-9-16-15(10-20-23(16,4)29-20)22(3,26)11-19(14)28-21(25)13-6-7-18(27-5)17(24)8-13/h6-8,12,14-16,19-20,24,26H,9-11H2,1-5H3/t14-,15-,16+,19-,20-,22-,23+/m1/s1. The van der Waals surface area contributed by atoms with Gasteiger partial charge in [-0.05, 0) is 68.6 Å². The third kappa shape index (κ3) is 3.40. The number of aromatic hydroxyl groups is 1. The fraction of sp³-hybridized carbons (Fsp3) is 0.696. The molecular formula is C23H32O6. The number of rotatable bonds is 4. The van der Waals surface area contributed by atoms with E-state index in [-0.39, 0.29) is 40.8 Å². The zero-order chi connectivity index (χ0) is 21.1. The predicted octanol–water partition coefficient (Wildman–Crippen LogP) is 3.54. The first-order valence-electron chi connectivity index (χ1n) is 10.5. The van der Waals surface area contributed by atoms with Gasteiger partial charge in [-0.25, -0.2) is 4.79 Å². The van der Waals surface area contributed by atoms with Crippen LogP contribution in [-0.4, -0.2) is 46.7 Å². The SMILES string of the molecule is COc1ccc(C(=O)O[C@@H]2C[C@@](C)(O)[C@@H]3C[C@H]4O[C@@]4(C)[C@H]3C[C@@H]2C(C)C)cc1O. The topological polar surface area (TPSA) is 88.5 Å². The highest BCUT2D eigenvalue weighted by atomic mass is 16.6. The maximum Gasteiger partial charge on any atom is 0.338 e. The van der Waals surface area contributed by atoms with Gasteiger partial charge in [0.1, 0.15) is 6.10 Å². The van der Waals surface area contributed by atoms with Crippen molar-refractivity contribution in [3.8, 4) is 11.5 Å². The van der Waals surface area contributed by atoms with Gasteiger partial charge in [0.2, 0.25) is 0 Å². The van der Waals surface area contributed by atoms with Crippen molar-refractivity contribution in [1.29, 1.82) is 0 Å². The van der Waals surface area contributed by atoms with Crippen LogP contribution in [0.4, 0.5) is 0 Å². The van der Waals surface area contributed by atoms with Crippen LogP contribution >= 0.6 is 0 Å². The molecule has 0 radical (unpaired) electrons. The summed E-state index contributed by atoms with van der Waals surface area (Å²) in [4.78, 5) is 12.9. The molecule has 4 rings (SSSR count). The molecule has 1 saturated heterocycles. The summed E-state index contributed by atoms with van der Waals surface area (Å²) in [7, 11) is 1.46. The number of methoxy groups -OCH3 is 1. The van der Waals surface area contributed by atoms with Crippen molar-refractivity contribution in [2.45, 2.75) is 70.4 Å². The number of carbonyl (C=O) groups excluding carboxylic acids is 1. The Kier molecular flexibility index (Phi) is 4.86. The molecule has 2 N–H and O–H groups in total. The fourth-order valence-electron chi connectivity index (χ4n) is 5.77. The molecule has 0 bridgehead atoms. The van der Waals surface area contributed by atoms with Gasteiger partial charge in [-0.3, -0.25) is 0 Å². The molecule has 6 nitrogen and oxygen atoms in total. The Hall–Kier alpha value is -1.79. The van der Waals surface area contributed by atoms with Crippen LogP contribution in [0.5, 0.6) is 11.5 Å². The molecule has 0 aromatic heterocycles. The summed E-state index contributed by atoms with van der Waals surface area (Å²) in [6.07, 6.45) is 2.00. The van der Waals surface area contributed by atoms with Crippen molar-refractivity contribution in [2.75, 3.05) is 7.11 Å². The second-order valence-corrected chi connectivity index (χ2v) is 9.77. The van der Waals surface area contributed by atoms with Crippen molar-refractivity contribution in [3.63, 3.8) is 0 Å². The smallest absolute Gasteiger partial charge is 0.338 e. The van der Waals surface area contributed by atoms with Crippen molar-refractivity contribution in [3.05, 3.63) is 23.8 Å². The largest absolute Gasteiger partial charge is 0.504 e. The zero-order valence-electron chi connectivity index (χ0n) is 17.8. The Morgan fingerprint density at radius 1 is 1.24 bits per heavy atom. The van der Waals surface area contributed by atoms with Crippen LogP contribution < -0.4 is 4.74 Å². The van der Waals surface area contributed by atoms with Crippen molar-refractivity contribution in [2.24, 2.45) is 23.7 Å². The van der Waals surface area contributed by atoms with Gasteiger partial charge < -0.3 is 24.4 Å². The van der Waals surface area contributed by atoms with E-state index in [2.05, 4.69) is 20.8 Å². The van der Waals surface area contributed by atoms with Crippen LogP contribution in [0.15, 0.2) is 18.2 Å². The van der Waals surface area contributed by atoms with E-state index >= 15 is 0 Å². The van der Waals surface area contributed by atoms with Gasteiger partial charge in [0.05, 0.1) is 30.0 Å². The van der Waals surface area contributed by atoms with E-state index < -0.39 is 17.7 Å². The van der Waals surface area contributed by atoms with Gasteiger partial charge >= 0.3 is 5.97 Å². The van der Waals surface area contributed by atoms with E-state index in [1.54, 1.807) is 12.1 Å². The molecular weight excluding hydrogens is 372 g/mol. The molecule has 0 spiro atoms. The second kappa shape index (κ2) is 6.88. The summed E-state index contributed by atoms with van der Waals surface area (Å²) >= 11 is 0. The number of phenolic OH excluding ortho intramolecular Hbond substituents is 1. The van der Waals surface area contributed by atoms with Crippen LogP contribution in [0.25, 0.3) is 0 Å². The zero-order valence-corrected chi connectivity index (χ0v) is 17.8. The van der Waals surface area contributed by atoms with Crippen LogP contribution in [0.2, 0.25) is 0 Å². The van der Waals surface area contributed by atoms with E-state index in [0.29, 0.717) is 18.1 Å². The molecule has 2 aliphatic carbocycles. The highest BCUT2D eigenvalue weighted by Crippen LogP contribution is 2.63. The molecule has 3 fully saturated rings. The van der Waals surface area contributed by atoms with Crippen LogP contribution in [0.1, 0.15) is 57.3 Å². The summed E-state index contributed by atoms with van der Waals surface area (Å²) in [5, 5.41) is 21.3. The van der Waals surface area contributed by atoms with Crippen molar-refractivity contribution < 1.29 is 29.2 Å². The van der Waals surface area contributed by atoms with E-state index in [1.165, 1.54) is 13.2 Å². The number of esters is 1. The van der Waals surface area contributed by atoms with Gasteiger partial charge in [-0.15, -0.1) is 0 Å². The van der Waals surface area contributed by atoms with Crippen molar-refractivity contribution in [1.82, 2.24) is 0 Å². The molecule has 2 saturated carbocycles. The lowest BCUT2D eigenvalue weighted by Crippen LogP contribution is -2.41. The maximum atomic E-state index is 12.9. The summed E-state index contributed by atoms with van der Waals surface area (Å²) in [6.45, 7) is 8.31. The van der Waals surface area contributed by atoms with Gasteiger partial charge in [0, 0.05) is 6.42 Å². The monoisotopic (exact) mass is 404 g/mol. The Labute approximate surface area is 172 Å². The fourth-order valence-corrected chi connectivity index (χ4v) is 5.77. The van der Waals surface area contributed by atoms with E-state index in [4.69, 9.17) is 14.2 Å². The average molecular weight is 405 g/mol. The number of carbonyl (C=O) groups is 1. The number of hydrogen-bond donors (Lipinski definition) is 2. The summed E-state index contributed by atoms with van der Waals surface area (Å²) in [5.74, 6) is 0.562. The number of fused-ring (bicyclic) bond motifs is 3. The number of hydrogen-bond acceptors (Lipinski definition) is 6. The van der Waals surface area contributed by atoms with Gasteiger partial charge in [0.25, 0.3) is 0 Å². The number of epoxide rings is 1. The van der Waals surface area contributed by atoms with Gasteiger partial charge in [-0.2, -0.15) is 0 Å². The number of phenols is 1. The lowest BCUT2D eigenvalue weighted by Gasteiger charge is -2.35. The molecule has 29 heavy (non-hydrogen) atoms. The quantitative estimate of drug-likeness (QED) is 0.589. The summed E-state index contributed by atoms with van der Waals surface area (Å²) < 4.78 is 16.9. The second-order valence-electron chi connectivity index (χ2n) is 9.77. The van der Waals surface area contributed by atoms with Crippen LogP contribution in [-0.2, 0) is 9.47 Å². The molecule has 160 valence electrons. The Morgan fingerprint density at radius 2 is 1.97 bits per heavy atom. The maximum absolute atomic E-state index is 12.9. The molecule has 0 amide bonds. The van der Waals surface area contributed by atoms with E-state index in [0.717, 1.165) is 12.8 Å². The molecule has 1 aromatic carbocycles. The van der Waals surface area contributed by atoms with Gasteiger partial charge in [0.15, 0.2) is 11.5 Å². The molecule has 1 heterocycles. The minimum Gasteiger partial charge on any atom is -0.504 e. The minimum atomic E-state index is -0.916. The Bertz CT molecular complexity index is 803. The summed E-state index contributed by atoms with van der Waals surface area (Å²) in [6, 6.07) is 4.49. The number of ether oxygens (including phenoxy) is 3.